The zero-order chi connectivity index (χ0) is 36.2. The zero-order valence-electron chi connectivity index (χ0n) is 29.6. The summed E-state index contributed by atoms with van der Waals surface area (Å²) in [4.78, 5) is 28.4. The maximum atomic E-state index is 13.8. The highest BCUT2D eigenvalue weighted by molar-refractivity contribution is 5.77. The van der Waals surface area contributed by atoms with Crippen LogP contribution in [-0.4, -0.2) is 76.8 Å². The van der Waals surface area contributed by atoms with Gasteiger partial charge in [-0.3, -0.25) is 4.90 Å². The van der Waals surface area contributed by atoms with Crippen LogP contribution in [0.3, 0.4) is 0 Å². The van der Waals surface area contributed by atoms with Crippen molar-refractivity contribution in [1.29, 1.82) is 0 Å². The molecule has 4 aromatic carbocycles. The normalized spacial score (nSPS) is 15.9. The van der Waals surface area contributed by atoms with Crippen LogP contribution in [0.4, 0.5) is 9.18 Å². The summed E-state index contributed by atoms with van der Waals surface area (Å²) in [7, 11) is 0. The molecule has 2 fully saturated rings. The Morgan fingerprint density at radius 2 is 1.36 bits per heavy atom. The first-order valence-corrected chi connectivity index (χ1v) is 17.9. The summed E-state index contributed by atoms with van der Waals surface area (Å²) in [5.41, 5.74) is 6.41. The van der Waals surface area contributed by atoms with Gasteiger partial charge in [0, 0.05) is 37.3 Å². The van der Waals surface area contributed by atoms with Crippen LogP contribution >= 0.6 is 0 Å². The molecule has 270 valence electrons. The number of alkyl halides is 1. The molecule has 0 spiro atoms. The number of benzene rings is 4. The number of hydrogen-bond donors (Lipinski definition) is 0. The van der Waals surface area contributed by atoms with E-state index >= 15 is 0 Å². The van der Waals surface area contributed by atoms with Crippen LogP contribution in [0.2, 0.25) is 0 Å². The van der Waals surface area contributed by atoms with E-state index in [9.17, 15) is 9.18 Å². The van der Waals surface area contributed by atoms with Crippen LogP contribution < -0.4 is 9.47 Å². The van der Waals surface area contributed by atoms with Crippen molar-refractivity contribution < 1.29 is 23.4 Å². The predicted octanol–water partition coefficient (Wildman–Crippen LogP) is 6.82. The SMILES string of the molecule is O=C1N(Cc2ncnc(OCc3ccccc3)c2OCc2ccccc2)CC(c2ccc(C#Cc3ccc(CN4CCOCC4)cc3)cc2)N1CCF. The van der Waals surface area contributed by atoms with Crippen molar-refractivity contribution in [3.63, 3.8) is 0 Å². The lowest BCUT2D eigenvalue weighted by atomic mass is 10.0. The Labute approximate surface area is 310 Å². The van der Waals surface area contributed by atoms with Crippen LogP contribution in [0, 0.1) is 11.8 Å². The van der Waals surface area contributed by atoms with Crippen molar-refractivity contribution in [2.24, 2.45) is 0 Å². The molecule has 10 heteroatoms. The van der Waals surface area contributed by atoms with Crippen molar-refractivity contribution in [3.05, 3.63) is 155 Å². The van der Waals surface area contributed by atoms with Crippen molar-refractivity contribution in [3.8, 4) is 23.5 Å². The van der Waals surface area contributed by atoms with Crippen molar-refractivity contribution in [2.45, 2.75) is 32.3 Å². The molecule has 2 aliphatic heterocycles. The summed E-state index contributed by atoms with van der Waals surface area (Å²) in [5.74, 6) is 7.18. The largest absolute Gasteiger partial charge is 0.482 e. The second kappa shape index (κ2) is 17.6. The summed E-state index contributed by atoms with van der Waals surface area (Å²) in [6.07, 6.45) is 1.42. The minimum atomic E-state index is -0.651. The molecule has 2 aliphatic rings. The molecular formula is C43H42FN5O4. The fourth-order valence-corrected chi connectivity index (χ4v) is 6.49. The average molecular weight is 712 g/mol. The van der Waals surface area contributed by atoms with Gasteiger partial charge in [-0.05, 0) is 46.5 Å². The number of morpholine rings is 1. The number of carbonyl (C=O) groups is 1. The minimum absolute atomic E-state index is 0.0182. The topological polar surface area (TPSA) is 80.3 Å². The fraction of sp³-hybridized carbons (Fsp3) is 0.279. The van der Waals surface area contributed by atoms with E-state index in [1.165, 1.54) is 11.9 Å². The van der Waals surface area contributed by atoms with E-state index in [1.807, 2.05) is 84.9 Å². The van der Waals surface area contributed by atoms with Gasteiger partial charge >= 0.3 is 6.03 Å². The molecule has 0 N–H and O–H groups in total. The van der Waals surface area contributed by atoms with Crippen LogP contribution in [0.25, 0.3) is 0 Å². The third-order valence-electron chi connectivity index (χ3n) is 9.35. The molecule has 0 aliphatic carbocycles. The van der Waals surface area contributed by atoms with Crippen molar-refractivity contribution in [2.75, 3.05) is 46.1 Å². The van der Waals surface area contributed by atoms with Crippen molar-refractivity contribution in [1.82, 2.24) is 24.7 Å². The van der Waals surface area contributed by atoms with Crippen LogP contribution in [0.15, 0.2) is 116 Å². The lowest BCUT2D eigenvalue weighted by molar-refractivity contribution is 0.0342. The van der Waals surface area contributed by atoms with E-state index in [2.05, 4.69) is 51.0 Å². The van der Waals surface area contributed by atoms with E-state index in [-0.39, 0.29) is 38.4 Å². The summed E-state index contributed by atoms with van der Waals surface area (Å²) < 4.78 is 31.7. The van der Waals surface area contributed by atoms with E-state index in [4.69, 9.17) is 14.2 Å². The Morgan fingerprint density at radius 3 is 2.00 bits per heavy atom. The van der Waals surface area contributed by atoms with Gasteiger partial charge in [-0.1, -0.05) is 96.8 Å². The maximum Gasteiger partial charge on any atom is 0.321 e. The van der Waals surface area contributed by atoms with Crippen molar-refractivity contribution >= 4 is 6.03 Å². The van der Waals surface area contributed by atoms with Gasteiger partial charge in [0.15, 0.2) is 0 Å². The first kappa shape index (κ1) is 35.6. The second-order valence-corrected chi connectivity index (χ2v) is 13.0. The molecule has 1 aromatic heterocycles. The number of urea groups is 1. The van der Waals surface area contributed by atoms with E-state index < -0.39 is 6.67 Å². The molecule has 9 nitrogen and oxygen atoms in total. The number of carbonyl (C=O) groups excluding carboxylic acids is 1. The van der Waals surface area contributed by atoms with E-state index in [0.29, 0.717) is 23.9 Å². The van der Waals surface area contributed by atoms with Crippen LogP contribution in [0.1, 0.15) is 45.1 Å². The van der Waals surface area contributed by atoms with Gasteiger partial charge in [0.05, 0.1) is 32.3 Å². The molecule has 0 radical (unpaired) electrons. The molecule has 1 atom stereocenters. The number of aromatic nitrogens is 2. The Balaban J connectivity index is 1.05. The maximum absolute atomic E-state index is 13.8. The molecule has 1 unspecified atom stereocenters. The van der Waals surface area contributed by atoms with Gasteiger partial charge in [-0.25, -0.2) is 14.2 Å². The van der Waals surface area contributed by atoms with Crippen LogP contribution in [0.5, 0.6) is 11.6 Å². The molecule has 5 aromatic rings. The summed E-state index contributed by atoms with van der Waals surface area (Å²) >= 11 is 0. The highest BCUT2D eigenvalue weighted by atomic mass is 19.1. The quantitative estimate of drug-likeness (QED) is 0.124. The standard InChI is InChI=1S/C43H42FN5O4/c44-21-22-49-40(38-19-17-34(18-20-38)12-11-33-13-15-35(16-14-33)27-47-23-25-51-26-24-47)29-48(43(49)50)28-39-41(52-30-36-7-3-1-4-8-36)42(46-32-45-39)53-31-37-9-5-2-6-10-37/h1-10,13-20,32,40H,21-31H2. The summed E-state index contributed by atoms with van der Waals surface area (Å²) in [5, 5.41) is 0. The smallest absolute Gasteiger partial charge is 0.321 e. The van der Waals surface area contributed by atoms with E-state index in [1.54, 1.807) is 9.80 Å². The summed E-state index contributed by atoms with van der Waals surface area (Å²) in [6.45, 7) is 4.76. The highest BCUT2D eigenvalue weighted by Crippen LogP contribution is 2.34. The molecule has 3 heterocycles. The molecule has 0 saturated carbocycles. The number of rotatable bonds is 13. The third kappa shape index (κ3) is 9.38. The van der Waals surface area contributed by atoms with Gasteiger partial charge in [-0.15, -0.1) is 0 Å². The Bertz CT molecular complexity index is 2000. The fourth-order valence-electron chi connectivity index (χ4n) is 6.49. The number of halogens is 1. The monoisotopic (exact) mass is 711 g/mol. The van der Waals surface area contributed by atoms with Gasteiger partial charge in [0.2, 0.25) is 5.75 Å². The molecule has 7 rings (SSSR count). The molecule has 2 saturated heterocycles. The Hall–Kier alpha value is -5.76. The highest BCUT2D eigenvalue weighted by Gasteiger charge is 2.38. The second-order valence-electron chi connectivity index (χ2n) is 13.0. The third-order valence-corrected chi connectivity index (χ3v) is 9.35. The van der Waals surface area contributed by atoms with Gasteiger partial charge in [0.25, 0.3) is 5.88 Å². The minimum Gasteiger partial charge on any atom is -0.482 e. The lowest BCUT2D eigenvalue weighted by Gasteiger charge is -2.26. The average Bonchev–Trinajstić information content (AvgIpc) is 3.51. The van der Waals surface area contributed by atoms with Crippen LogP contribution in [-0.2, 0) is 31.0 Å². The molecule has 0 bridgehead atoms. The molecule has 53 heavy (non-hydrogen) atoms. The van der Waals surface area contributed by atoms with Gasteiger partial charge < -0.3 is 24.0 Å². The zero-order valence-corrected chi connectivity index (χ0v) is 29.6. The summed E-state index contributed by atoms with van der Waals surface area (Å²) in [6, 6.07) is 35.2. The van der Waals surface area contributed by atoms with Gasteiger partial charge in [0.1, 0.15) is 31.9 Å². The molecular weight excluding hydrogens is 670 g/mol. The first-order chi connectivity index (χ1) is 26.1. The van der Waals surface area contributed by atoms with Gasteiger partial charge in [-0.2, -0.15) is 4.98 Å². The van der Waals surface area contributed by atoms with E-state index in [0.717, 1.165) is 60.7 Å². The number of ether oxygens (including phenoxy) is 3. The first-order valence-electron chi connectivity index (χ1n) is 17.9. The Kier molecular flexibility index (Phi) is 11.9. The number of nitrogens with zero attached hydrogens (tertiary/aromatic N) is 5. The number of amides is 2. The molecule has 2 amide bonds. The lowest BCUT2D eigenvalue weighted by Crippen LogP contribution is -2.35. The number of hydrogen-bond acceptors (Lipinski definition) is 7. The Morgan fingerprint density at radius 1 is 0.736 bits per heavy atom. The predicted molar refractivity (Wildman–Crippen MR) is 200 cm³/mol.